The highest BCUT2D eigenvalue weighted by molar-refractivity contribution is 6.31. The van der Waals surface area contributed by atoms with Gasteiger partial charge < -0.3 is 10.1 Å². The Bertz CT molecular complexity index is 806. The molecule has 27 heavy (non-hydrogen) atoms. The summed E-state index contributed by atoms with van der Waals surface area (Å²) in [6.45, 7) is 2.13. The molecule has 0 spiro atoms. The van der Waals surface area contributed by atoms with Gasteiger partial charge in [-0.25, -0.2) is 9.97 Å². The molecule has 9 heteroatoms. The van der Waals surface area contributed by atoms with Crippen LogP contribution >= 0.6 is 11.6 Å². The summed E-state index contributed by atoms with van der Waals surface area (Å²) in [6, 6.07) is 5.42. The average molecular weight is 400 g/mol. The molecule has 0 radical (unpaired) electrons. The highest BCUT2D eigenvalue weighted by atomic mass is 35.5. The van der Waals surface area contributed by atoms with E-state index in [0.717, 1.165) is 24.5 Å². The minimum atomic E-state index is -4.60. The third-order valence-electron chi connectivity index (χ3n) is 4.12. The fourth-order valence-electron chi connectivity index (χ4n) is 2.78. The molecule has 2 heterocycles. The maximum atomic E-state index is 12.5. The van der Waals surface area contributed by atoms with Crippen LogP contribution in [0.25, 0.3) is 0 Å². The Kier molecular flexibility index (Phi) is 6.08. The second-order valence-corrected chi connectivity index (χ2v) is 6.63. The number of carbonyl (C=O) groups is 1. The zero-order valence-electron chi connectivity index (χ0n) is 14.2. The van der Waals surface area contributed by atoms with Crippen molar-refractivity contribution in [3.8, 4) is 0 Å². The molecule has 144 valence electrons. The number of carbonyl (C=O) groups excluding carboxylic acids is 1. The maximum absolute atomic E-state index is 12.5. The average Bonchev–Trinajstić information content (AvgIpc) is 2.64. The van der Waals surface area contributed by atoms with Crippen molar-refractivity contribution in [2.45, 2.75) is 25.1 Å². The molecule has 0 unspecified atom stereocenters. The first-order chi connectivity index (χ1) is 12.8. The van der Waals surface area contributed by atoms with Crippen LogP contribution in [0.1, 0.15) is 28.6 Å². The Labute approximate surface area is 158 Å². The van der Waals surface area contributed by atoms with E-state index >= 15 is 0 Å². The first-order valence-electron chi connectivity index (χ1n) is 8.33. The molecule has 1 aliphatic heterocycles. The van der Waals surface area contributed by atoms with Gasteiger partial charge in [0.15, 0.2) is 0 Å². The van der Waals surface area contributed by atoms with Crippen LogP contribution in [-0.2, 0) is 28.5 Å². The van der Waals surface area contributed by atoms with E-state index in [1.165, 1.54) is 0 Å². The molecular weight excluding hydrogens is 383 g/mol. The van der Waals surface area contributed by atoms with Crippen LogP contribution in [0.15, 0.2) is 30.6 Å². The number of alkyl halides is 3. The van der Waals surface area contributed by atoms with Crippen molar-refractivity contribution in [3.05, 3.63) is 58.1 Å². The molecule has 0 aliphatic carbocycles. The van der Waals surface area contributed by atoms with Crippen molar-refractivity contribution < 1.29 is 22.7 Å². The van der Waals surface area contributed by atoms with Crippen LogP contribution in [0, 0.1) is 0 Å². The Balaban J connectivity index is 1.62. The summed E-state index contributed by atoms with van der Waals surface area (Å²) < 4.78 is 43.1. The van der Waals surface area contributed by atoms with Crippen molar-refractivity contribution in [2.24, 2.45) is 0 Å². The number of nitrogens with one attached hydrogen (secondary N) is 1. The van der Waals surface area contributed by atoms with Gasteiger partial charge in [0.25, 0.3) is 0 Å². The maximum Gasteiger partial charge on any atom is 0.451 e. The number of morpholine rings is 1. The summed E-state index contributed by atoms with van der Waals surface area (Å²) in [5.74, 6) is -1.42. The number of halogens is 4. The van der Waals surface area contributed by atoms with E-state index in [4.69, 9.17) is 16.3 Å². The minimum Gasteiger partial charge on any atom is -0.371 e. The van der Waals surface area contributed by atoms with Crippen LogP contribution in [0.4, 0.5) is 13.2 Å². The second-order valence-electron chi connectivity index (χ2n) is 6.22. The first kappa shape index (κ1) is 19.7. The molecule has 1 aromatic heterocycles. The summed E-state index contributed by atoms with van der Waals surface area (Å²) in [5, 5.41) is 3.69. The Hall–Kier alpha value is -2.03. The van der Waals surface area contributed by atoms with E-state index < -0.39 is 12.0 Å². The van der Waals surface area contributed by atoms with E-state index in [-0.39, 0.29) is 24.7 Å². The minimum absolute atomic E-state index is 0.0636. The first-order valence-corrected chi connectivity index (χ1v) is 8.71. The number of ketones is 1. The molecule has 1 fully saturated rings. The highest BCUT2D eigenvalue weighted by Crippen LogP contribution is 2.26. The normalized spacial score (nSPS) is 17.7. The van der Waals surface area contributed by atoms with Crippen molar-refractivity contribution in [3.63, 3.8) is 0 Å². The monoisotopic (exact) mass is 399 g/mol. The van der Waals surface area contributed by atoms with E-state index in [0.29, 0.717) is 29.3 Å². The van der Waals surface area contributed by atoms with Gasteiger partial charge in [-0.1, -0.05) is 23.7 Å². The molecule has 0 amide bonds. The Morgan fingerprint density at radius 2 is 2.00 bits per heavy atom. The number of hydrogen-bond acceptors (Lipinski definition) is 5. The van der Waals surface area contributed by atoms with Gasteiger partial charge >= 0.3 is 6.18 Å². The van der Waals surface area contributed by atoms with E-state index in [9.17, 15) is 18.0 Å². The van der Waals surface area contributed by atoms with Gasteiger partial charge in [0, 0.05) is 43.3 Å². The summed E-state index contributed by atoms with van der Waals surface area (Å²) >= 11 is 6.29. The van der Waals surface area contributed by atoms with Gasteiger partial charge in [0.2, 0.25) is 5.82 Å². The SMILES string of the molecule is O=C(Cc1cnc(C(F)(F)F)nc1)Cc1ccc([C@H]2CNCCO2)cc1Cl. The number of hydrogen-bond donors (Lipinski definition) is 1. The third kappa shape index (κ3) is 5.24. The lowest BCUT2D eigenvalue weighted by Gasteiger charge is -2.24. The number of benzene rings is 1. The van der Waals surface area contributed by atoms with Crippen molar-refractivity contribution in [1.29, 1.82) is 0 Å². The lowest BCUT2D eigenvalue weighted by atomic mass is 10.0. The predicted molar refractivity (Wildman–Crippen MR) is 92.5 cm³/mol. The summed E-state index contributed by atoms with van der Waals surface area (Å²) in [7, 11) is 0. The zero-order chi connectivity index (χ0) is 19.4. The molecule has 1 saturated heterocycles. The Morgan fingerprint density at radius 3 is 2.59 bits per heavy atom. The van der Waals surface area contributed by atoms with Crippen LogP contribution in [0.2, 0.25) is 5.02 Å². The second kappa shape index (κ2) is 8.33. The fraction of sp³-hybridized carbons (Fsp3) is 0.389. The van der Waals surface area contributed by atoms with Gasteiger partial charge in [-0.3, -0.25) is 4.79 Å². The lowest BCUT2D eigenvalue weighted by Crippen LogP contribution is -2.33. The lowest BCUT2D eigenvalue weighted by molar-refractivity contribution is -0.145. The van der Waals surface area contributed by atoms with Crippen molar-refractivity contribution in [2.75, 3.05) is 19.7 Å². The standard InChI is InChI=1S/C18H17ClF3N3O2/c19-15-7-13(16-10-23-3-4-27-16)2-1-12(15)6-14(26)5-11-8-24-17(25-9-11)18(20,21)22/h1-2,7-9,16,23H,3-6,10H2/t16-/m1/s1. The van der Waals surface area contributed by atoms with Gasteiger partial charge in [-0.15, -0.1) is 0 Å². The zero-order valence-corrected chi connectivity index (χ0v) is 15.0. The molecule has 5 nitrogen and oxygen atoms in total. The summed E-state index contributed by atoms with van der Waals surface area (Å²) in [4.78, 5) is 18.7. The van der Waals surface area contributed by atoms with Crippen LogP contribution < -0.4 is 5.32 Å². The summed E-state index contributed by atoms with van der Waals surface area (Å²) in [5.41, 5.74) is 1.91. The smallest absolute Gasteiger partial charge is 0.371 e. The predicted octanol–water partition coefficient (Wildman–Crippen LogP) is 3.16. The van der Waals surface area contributed by atoms with Gasteiger partial charge in [0.1, 0.15) is 5.78 Å². The molecule has 1 atom stereocenters. The highest BCUT2D eigenvalue weighted by Gasteiger charge is 2.34. The van der Waals surface area contributed by atoms with Crippen LogP contribution in [0.3, 0.4) is 0 Å². The molecule has 1 aliphatic rings. The van der Waals surface area contributed by atoms with Crippen molar-refractivity contribution in [1.82, 2.24) is 15.3 Å². The molecule has 0 bridgehead atoms. The topological polar surface area (TPSA) is 64.1 Å². The molecule has 1 aromatic carbocycles. The Morgan fingerprint density at radius 1 is 1.26 bits per heavy atom. The largest absolute Gasteiger partial charge is 0.451 e. The molecular formula is C18H17ClF3N3O2. The van der Waals surface area contributed by atoms with Crippen LogP contribution in [0.5, 0.6) is 0 Å². The van der Waals surface area contributed by atoms with Gasteiger partial charge in [-0.2, -0.15) is 13.2 Å². The van der Waals surface area contributed by atoms with Gasteiger partial charge in [-0.05, 0) is 22.8 Å². The van der Waals surface area contributed by atoms with Crippen LogP contribution in [-0.4, -0.2) is 35.4 Å². The third-order valence-corrected chi connectivity index (χ3v) is 4.48. The van der Waals surface area contributed by atoms with E-state index in [1.807, 2.05) is 6.07 Å². The molecule has 1 N–H and O–H groups in total. The molecule has 0 saturated carbocycles. The number of rotatable bonds is 5. The molecule has 3 rings (SSSR count). The number of nitrogens with zero attached hydrogens (tertiary/aromatic N) is 2. The quantitative estimate of drug-likeness (QED) is 0.836. The fourth-order valence-corrected chi connectivity index (χ4v) is 3.04. The van der Waals surface area contributed by atoms with E-state index in [2.05, 4.69) is 15.3 Å². The number of Topliss-reactive ketones (excluding diaryl/α,β-unsaturated/α-hetero) is 1. The number of ether oxygens (including phenoxy) is 1. The van der Waals surface area contributed by atoms with E-state index in [1.54, 1.807) is 12.1 Å². The summed E-state index contributed by atoms with van der Waals surface area (Å²) in [6.07, 6.45) is -2.63. The van der Waals surface area contributed by atoms with Crippen molar-refractivity contribution >= 4 is 17.4 Å². The van der Waals surface area contributed by atoms with Gasteiger partial charge in [0.05, 0.1) is 12.7 Å². The molecule has 2 aromatic rings. The number of aromatic nitrogens is 2.